The molecule has 0 aliphatic heterocycles. The Morgan fingerprint density at radius 3 is 2.42 bits per heavy atom. The minimum atomic E-state index is -3.65. The van der Waals surface area contributed by atoms with Crippen molar-refractivity contribution in [2.45, 2.75) is 16.3 Å². The maximum atomic E-state index is 12.3. The first-order valence-electron chi connectivity index (χ1n) is 7.62. The summed E-state index contributed by atoms with van der Waals surface area (Å²) in [6.07, 6.45) is 1.93. The van der Waals surface area contributed by atoms with Crippen LogP contribution >= 0.6 is 11.8 Å². The number of ether oxygens (including phenoxy) is 1. The van der Waals surface area contributed by atoms with Crippen LogP contribution in [0.3, 0.4) is 0 Å². The van der Waals surface area contributed by atoms with Gasteiger partial charge in [-0.1, -0.05) is 5.16 Å². The molecule has 0 unspecified atom stereocenters. The number of sulfonamides is 1. The van der Waals surface area contributed by atoms with Crippen LogP contribution in [0.5, 0.6) is 5.75 Å². The number of nitrogens with one attached hydrogen (secondary N) is 1. The number of aromatic nitrogens is 2. The van der Waals surface area contributed by atoms with Gasteiger partial charge in [0.25, 0.3) is 0 Å². The fourth-order valence-corrected chi connectivity index (χ4v) is 3.56. The molecule has 0 aliphatic carbocycles. The molecule has 1 N–H and O–H groups in total. The van der Waals surface area contributed by atoms with Gasteiger partial charge in [-0.3, -0.25) is 0 Å². The Bertz CT molecular complexity index is 968. The molecule has 3 rings (SSSR count). The zero-order chi connectivity index (χ0) is 18.6. The summed E-state index contributed by atoms with van der Waals surface area (Å²) in [5.74, 6) is 1.28. The lowest BCUT2D eigenvalue weighted by Crippen LogP contribution is -2.23. The summed E-state index contributed by atoms with van der Waals surface area (Å²) in [6.45, 7) is -0.0875. The second-order valence-corrected chi connectivity index (χ2v) is 7.89. The van der Waals surface area contributed by atoms with Crippen molar-refractivity contribution in [3.63, 3.8) is 0 Å². The van der Waals surface area contributed by atoms with Crippen LogP contribution in [0.25, 0.3) is 11.4 Å². The number of methoxy groups -OCH3 is 1. The van der Waals surface area contributed by atoms with Crippen LogP contribution in [0, 0.1) is 0 Å². The van der Waals surface area contributed by atoms with E-state index in [1.807, 2.05) is 6.26 Å². The molecule has 1 heterocycles. The minimum Gasteiger partial charge on any atom is -0.497 e. The number of hydrogen-bond donors (Lipinski definition) is 1. The highest BCUT2D eigenvalue weighted by atomic mass is 32.2. The molecule has 0 saturated heterocycles. The lowest BCUT2D eigenvalue weighted by atomic mass is 10.2. The molecule has 0 fully saturated rings. The minimum absolute atomic E-state index is 0.0875. The van der Waals surface area contributed by atoms with Crippen molar-refractivity contribution in [2.75, 3.05) is 13.4 Å². The van der Waals surface area contributed by atoms with E-state index < -0.39 is 10.0 Å². The van der Waals surface area contributed by atoms with E-state index in [4.69, 9.17) is 9.26 Å². The summed E-state index contributed by atoms with van der Waals surface area (Å²) in [4.78, 5) is 5.39. The first-order valence-corrected chi connectivity index (χ1v) is 10.3. The van der Waals surface area contributed by atoms with Crippen molar-refractivity contribution >= 4 is 21.8 Å². The number of hydrogen-bond acceptors (Lipinski definition) is 7. The van der Waals surface area contributed by atoms with E-state index in [-0.39, 0.29) is 17.3 Å². The van der Waals surface area contributed by atoms with E-state index in [2.05, 4.69) is 14.9 Å². The third-order valence-corrected chi connectivity index (χ3v) is 5.76. The van der Waals surface area contributed by atoms with E-state index in [1.54, 1.807) is 67.4 Å². The van der Waals surface area contributed by atoms with Gasteiger partial charge in [-0.15, -0.1) is 11.8 Å². The SMILES string of the molecule is COc1ccc(-c2noc(CNS(=O)(=O)c3ccc(SC)cc3)n2)cc1. The van der Waals surface area contributed by atoms with Crippen LogP contribution in [0.4, 0.5) is 0 Å². The quantitative estimate of drug-likeness (QED) is 0.619. The first kappa shape index (κ1) is 18.4. The van der Waals surface area contributed by atoms with Crippen molar-refractivity contribution in [3.8, 4) is 17.1 Å². The van der Waals surface area contributed by atoms with E-state index in [0.717, 1.165) is 16.2 Å². The van der Waals surface area contributed by atoms with Gasteiger partial charge in [-0.2, -0.15) is 4.98 Å². The molecule has 26 heavy (non-hydrogen) atoms. The lowest BCUT2D eigenvalue weighted by molar-refractivity contribution is 0.376. The second-order valence-electron chi connectivity index (χ2n) is 5.24. The van der Waals surface area contributed by atoms with Crippen LogP contribution < -0.4 is 9.46 Å². The van der Waals surface area contributed by atoms with Crippen LogP contribution in [-0.2, 0) is 16.6 Å². The van der Waals surface area contributed by atoms with Gasteiger partial charge in [0.2, 0.25) is 21.7 Å². The Balaban J connectivity index is 1.68. The van der Waals surface area contributed by atoms with E-state index in [1.165, 1.54) is 0 Å². The van der Waals surface area contributed by atoms with Crippen molar-refractivity contribution in [3.05, 3.63) is 54.4 Å². The molecule has 0 radical (unpaired) electrons. The highest BCUT2D eigenvalue weighted by Crippen LogP contribution is 2.20. The van der Waals surface area contributed by atoms with Gasteiger partial charge < -0.3 is 9.26 Å². The largest absolute Gasteiger partial charge is 0.497 e. The average Bonchev–Trinajstić information content (AvgIpc) is 3.16. The van der Waals surface area contributed by atoms with Crippen LogP contribution in [-0.4, -0.2) is 31.9 Å². The fraction of sp³-hybridized carbons (Fsp3) is 0.176. The summed E-state index contributed by atoms with van der Waals surface area (Å²) < 4.78 is 37.3. The van der Waals surface area contributed by atoms with E-state index >= 15 is 0 Å². The number of thioether (sulfide) groups is 1. The molecule has 0 bridgehead atoms. The third-order valence-electron chi connectivity index (χ3n) is 3.60. The molecule has 2 aromatic carbocycles. The fourth-order valence-electron chi connectivity index (χ4n) is 2.18. The summed E-state index contributed by atoms with van der Waals surface area (Å²) in [7, 11) is -2.07. The second kappa shape index (κ2) is 7.90. The number of benzene rings is 2. The molecule has 136 valence electrons. The lowest BCUT2D eigenvalue weighted by Gasteiger charge is -2.05. The van der Waals surface area contributed by atoms with Gasteiger partial charge >= 0.3 is 0 Å². The Hall–Kier alpha value is -2.36. The average molecular weight is 391 g/mol. The molecule has 0 amide bonds. The smallest absolute Gasteiger partial charge is 0.242 e. The maximum absolute atomic E-state index is 12.3. The van der Waals surface area contributed by atoms with Crippen molar-refractivity contribution in [1.29, 1.82) is 0 Å². The first-order chi connectivity index (χ1) is 12.5. The van der Waals surface area contributed by atoms with Crippen LogP contribution in [0.2, 0.25) is 0 Å². The molecule has 9 heteroatoms. The zero-order valence-electron chi connectivity index (χ0n) is 14.2. The Morgan fingerprint density at radius 2 is 1.81 bits per heavy atom. The molecule has 0 atom stereocenters. The van der Waals surface area contributed by atoms with Crippen molar-refractivity contribution in [1.82, 2.24) is 14.9 Å². The molecule has 7 nitrogen and oxygen atoms in total. The molecular weight excluding hydrogens is 374 g/mol. The summed E-state index contributed by atoms with van der Waals surface area (Å²) in [6, 6.07) is 13.8. The Kier molecular flexibility index (Phi) is 5.60. The molecule has 0 saturated carbocycles. The van der Waals surface area contributed by atoms with E-state index in [9.17, 15) is 8.42 Å². The number of rotatable bonds is 7. The van der Waals surface area contributed by atoms with Crippen LogP contribution in [0.15, 0.2) is 62.8 Å². The molecular formula is C17H17N3O4S2. The third kappa shape index (κ3) is 4.24. The summed E-state index contributed by atoms with van der Waals surface area (Å²) in [5, 5.41) is 3.87. The van der Waals surface area contributed by atoms with Gasteiger partial charge in [0.05, 0.1) is 18.6 Å². The molecule has 0 aliphatic rings. The Labute approximate surface area is 155 Å². The normalized spacial score (nSPS) is 11.5. The maximum Gasteiger partial charge on any atom is 0.242 e. The zero-order valence-corrected chi connectivity index (χ0v) is 15.8. The topological polar surface area (TPSA) is 94.3 Å². The predicted octanol–water partition coefficient (Wildman–Crippen LogP) is 2.95. The number of nitrogens with zero attached hydrogens (tertiary/aromatic N) is 2. The monoisotopic (exact) mass is 391 g/mol. The van der Waals surface area contributed by atoms with Gasteiger partial charge in [-0.25, -0.2) is 13.1 Å². The molecule has 3 aromatic rings. The van der Waals surface area contributed by atoms with E-state index in [0.29, 0.717) is 5.82 Å². The van der Waals surface area contributed by atoms with Gasteiger partial charge in [0, 0.05) is 10.5 Å². The van der Waals surface area contributed by atoms with Gasteiger partial charge in [0.15, 0.2) is 0 Å². The van der Waals surface area contributed by atoms with Crippen molar-refractivity contribution < 1.29 is 17.7 Å². The van der Waals surface area contributed by atoms with Gasteiger partial charge in [0.1, 0.15) is 5.75 Å². The highest BCUT2D eigenvalue weighted by Gasteiger charge is 2.16. The predicted molar refractivity (Wildman–Crippen MR) is 98.5 cm³/mol. The highest BCUT2D eigenvalue weighted by molar-refractivity contribution is 7.98. The van der Waals surface area contributed by atoms with Gasteiger partial charge in [-0.05, 0) is 54.8 Å². The standard InChI is InChI=1S/C17H17N3O4S2/c1-23-13-5-3-12(4-6-13)17-19-16(24-20-17)11-18-26(21,22)15-9-7-14(25-2)8-10-15/h3-10,18H,11H2,1-2H3. The Morgan fingerprint density at radius 1 is 1.12 bits per heavy atom. The van der Waals surface area contributed by atoms with Crippen molar-refractivity contribution in [2.24, 2.45) is 0 Å². The summed E-state index contributed by atoms with van der Waals surface area (Å²) in [5.41, 5.74) is 0.747. The molecule has 1 aromatic heterocycles. The summed E-state index contributed by atoms with van der Waals surface area (Å²) >= 11 is 1.54. The molecule has 0 spiro atoms. The van der Waals surface area contributed by atoms with Crippen LogP contribution in [0.1, 0.15) is 5.89 Å².